The van der Waals surface area contributed by atoms with Crippen LogP contribution in [0, 0.1) is 0 Å². The molecule has 1 aromatic carbocycles. The molecule has 18 heavy (non-hydrogen) atoms. The van der Waals surface area contributed by atoms with E-state index in [4.69, 9.17) is 5.11 Å². The third kappa shape index (κ3) is 5.05. The number of benzene rings is 1. The Bertz CT molecular complexity index is 556. The van der Waals surface area contributed by atoms with Gasteiger partial charge in [-0.3, -0.25) is 0 Å². The zero-order chi connectivity index (χ0) is 13.9. The van der Waals surface area contributed by atoms with E-state index in [2.05, 4.69) is 21.2 Å². The van der Waals surface area contributed by atoms with Crippen molar-refractivity contribution < 1.29 is 18.3 Å². The number of rotatable bonds is 5. The smallest absolute Gasteiger partial charge is 0.335 e. The first kappa shape index (κ1) is 15.0. The van der Waals surface area contributed by atoms with Gasteiger partial charge >= 0.3 is 5.97 Å². The Kier molecular flexibility index (Phi) is 4.75. The van der Waals surface area contributed by atoms with Crippen molar-refractivity contribution in [3.63, 3.8) is 0 Å². The minimum atomic E-state index is -3.07. The molecule has 0 saturated heterocycles. The van der Waals surface area contributed by atoms with Crippen LogP contribution in [0.15, 0.2) is 22.7 Å². The first-order valence-electron chi connectivity index (χ1n) is 5.15. The van der Waals surface area contributed by atoms with Crippen LogP contribution in [0.1, 0.15) is 17.3 Å². The Morgan fingerprint density at radius 1 is 1.44 bits per heavy atom. The van der Waals surface area contributed by atoms with E-state index in [0.29, 0.717) is 10.2 Å². The molecular formula is C11H14BrNO4S. The number of carboxylic acid groups (broad SMARTS) is 1. The Morgan fingerprint density at radius 3 is 2.56 bits per heavy atom. The molecule has 0 aliphatic rings. The van der Waals surface area contributed by atoms with E-state index in [-0.39, 0.29) is 17.4 Å². The molecule has 0 spiro atoms. The monoisotopic (exact) mass is 335 g/mol. The number of sulfone groups is 1. The van der Waals surface area contributed by atoms with Crippen LogP contribution in [-0.2, 0) is 9.84 Å². The standard InChI is InChI=1S/C11H14BrNO4S/c1-7(6-18(2,16)17)13-10-4-8(11(14)15)3-9(12)5-10/h3-5,7,13H,6H2,1-2H3,(H,14,15). The maximum absolute atomic E-state index is 11.1. The number of anilines is 1. The molecule has 1 aromatic rings. The van der Waals surface area contributed by atoms with Crippen LogP contribution in [0.2, 0.25) is 0 Å². The van der Waals surface area contributed by atoms with Gasteiger partial charge in [0.15, 0.2) is 0 Å². The third-order valence-corrected chi connectivity index (χ3v) is 3.67. The summed E-state index contributed by atoms with van der Waals surface area (Å²) in [5.41, 5.74) is 0.705. The lowest BCUT2D eigenvalue weighted by Gasteiger charge is -2.15. The van der Waals surface area contributed by atoms with E-state index < -0.39 is 15.8 Å². The van der Waals surface area contributed by atoms with Crippen LogP contribution < -0.4 is 5.32 Å². The van der Waals surface area contributed by atoms with Crippen molar-refractivity contribution in [3.8, 4) is 0 Å². The SMILES string of the molecule is CC(CS(C)(=O)=O)Nc1cc(Br)cc(C(=O)O)c1. The Hall–Kier alpha value is -1.08. The highest BCUT2D eigenvalue weighted by Crippen LogP contribution is 2.20. The van der Waals surface area contributed by atoms with E-state index in [1.165, 1.54) is 12.1 Å². The fourth-order valence-electron chi connectivity index (χ4n) is 1.58. The molecule has 0 heterocycles. The van der Waals surface area contributed by atoms with Crippen molar-refractivity contribution in [1.29, 1.82) is 0 Å². The van der Waals surface area contributed by atoms with Gasteiger partial charge < -0.3 is 10.4 Å². The summed E-state index contributed by atoms with van der Waals surface area (Å²) in [7, 11) is -3.07. The number of halogens is 1. The minimum Gasteiger partial charge on any atom is -0.478 e. The summed E-state index contributed by atoms with van der Waals surface area (Å²) in [6.45, 7) is 1.72. The van der Waals surface area contributed by atoms with Crippen LogP contribution >= 0.6 is 15.9 Å². The number of aromatic carboxylic acids is 1. The molecule has 0 radical (unpaired) electrons. The summed E-state index contributed by atoms with van der Waals surface area (Å²) in [6, 6.07) is 4.35. The van der Waals surface area contributed by atoms with Gasteiger partial charge in [0.05, 0.1) is 11.3 Å². The Morgan fingerprint density at radius 2 is 2.06 bits per heavy atom. The summed E-state index contributed by atoms with van der Waals surface area (Å²) in [5, 5.41) is 11.9. The average molecular weight is 336 g/mol. The molecule has 2 N–H and O–H groups in total. The van der Waals surface area contributed by atoms with Crippen LogP contribution in [-0.4, -0.2) is 37.5 Å². The zero-order valence-corrected chi connectivity index (χ0v) is 12.4. The minimum absolute atomic E-state index is 0.0120. The second-order valence-electron chi connectivity index (χ2n) is 4.17. The van der Waals surface area contributed by atoms with Crippen LogP contribution in [0.25, 0.3) is 0 Å². The highest BCUT2D eigenvalue weighted by Gasteiger charge is 2.12. The fourth-order valence-corrected chi connectivity index (χ4v) is 3.06. The van der Waals surface area contributed by atoms with Crippen molar-refractivity contribution in [2.75, 3.05) is 17.3 Å². The lowest BCUT2D eigenvalue weighted by molar-refractivity contribution is 0.0697. The average Bonchev–Trinajstić information content (AvgIpc) is 2.12. The normalized spacial score (nSPS) is 13.1. The molecule has 0 amide bonds. The van der Waals surface area contributed by atoms with Crippen LogP contribution in [0.5, 0.6) is 0 Å². The number of hydrogen-bond donors (Lipinski definition) is 2. The predicted molar refractivity (Wildman–Crippen MR) is 73.9 cm³/mol. The molecule has 100 valence electrons. The largest absolute Gasteiger partial charge is 0.478 e. The molecule has 0 aliphatic carbocycles. The van der Waals surface area contributed by atoms with E-state index in [9.17, 15) is 13.2 Å². The third-order valence-electron chi connectivity index (χ3n) is 2.11. The van der Waals surface area contributed by atoms with Gasteiger partial charge in [-0.2, -0.15) is 0 Å². The first-order chi connectivity index (χ1) is 8.17. The summed E-state index contributed by atoms with van der Waals surface area (Å²) < 4.78 is 22.9. The Labute approximate surface area is 114 Å². The van der Waals surface area contributed by atoms with Gasteiger partial charge in [0.2, 0.25) is 0 Å². The zero-order valence-electron chi connectivity index (χ0n) is 9.97. The maximum atomic E-state index is 11.1. The fraction of sp³-hybridized carbons (Fsp3) is 0.364. The highest BCUT2D eigenvalue weighted by atomic mass is 79.9. The van der Waals surface area contributed by atoms with E-state index in [0.717, 1.165) is 6.26 Å². The van der Waals surface area contributed by atoms with Gasteiger partial charge in [-0.15, -0.1) is 0 Å². The van der Waals surface area contributed by atoms with Crippen LogP contribution in [0.4, 0.5) is 5.69 Å². The second kappa shape index (κ2) is 5.71. The molecule has 0 aliphatic heterocycles. The number of nitrogens with one attached hydrogen (secondary N) is 1. The van der Waals surface area contributed by atoms with Crippen molar-refractivity contribution in [1.82, 2.24) is 0 Å². The first-order valence-corrected chi connectivity index (χ1v) is 8.01. The molecule has 0 fully saturated rings. The molecule has 1 unspecified atom stereocenters. The topological polar surface area (TPSA) is 83.5 Å². The Balaban J connectivity index is 2.88. The molecule has 1 atom stereocenters. The van der Waals surface area contributed by atoms with E-state index >= 15 is 0 Å². The van der Waals surface area contributed by atoms with Gasteiger partial charge in [0, 0.05) is 22.5 Å². The van der Waals surface area contributed by atoms with Crippen molar-refractivity contribution in [2.24, 2.45) is 0 Å². The summed E-state index contributed by atoms with van der Waals surface area (Å²) in [6.07, 6.45) is 1.16. The van der Waals surface area contributed by atoms with Gasteiger partial charge in [0.1, 0.15) is 9.84 Å². The molecular weight excluding hydrogens is 322 g/mol. The van der Waals surface area contributed by atoms with Gasteiger partial charge in [-0.05, 0) is 25.1 Å². The number of hydrogen-bond acceptors (Lipinski definition) is 4. The van der Waals surface area contributed by atoms with E-state index in [1.807, 2.05) is 0 Å². The second-order valence-corrected chi connectivity index (χ2v) is 7.27. The molecule has 1 rings (SSSR count). The highest BCUT2D eigenvalue weighted by molar-refractivity contribution is 9.10. The predicted octanol–water partition coefficient (Wildman–Crippen LogP) is 1.99. The molecule has 0 bridgehead atoms. The lowest BCUT2D eigenvalue weighted by atomic mass is 10.2. The van der Waals surface area contributed by atoms with Crippen molar-refractivity contribution in [3.05, 3.63) is 28.2 Å². The molecule has 0 saturated carbocycles. The number of carboxylic acids is 1. The quantitative estimate of drug-likeness (QED) is 0.859. The summed E-state index contributed by atoms with van der Waals surface area (Å²) in [5.74, 6) is -1.04. The molecule has 7 heteroatoms. The summed E-state index contributed by atoms with van der Waals surface area (Å²) in [4.78, 5) is 10.9. The van der Waals surface area contributed by atoms with Gasteiger partial charge in [-0.1, -0.05) is 15.9 Å². The van der Waals surface area contributed by atoms with Crippen LogP contribution in [0.3, 0.4) is 0 Å². The summed E-state index contributed by atoms with van der Waals surface area (Å²) >= 11 is 3.21. The number of carbonyl (C=O) groups is 1. The molecule has 0 aromatic heterocycles. The van der Waals surface area contributed by atoms with Crippen molar-refractivity contribution >= 4 is 37.4 Å². The maximum Gasteiger partial charge on any atom is 0.335 e. The lowest BCUT2D eigenvalue weighted by Crippen LogP contribution is -2.25. The molecule has 5 nitrogen and oxygen atoms in total. The van der Waals surface area contributed by atoms with E-state index in [1.54, 1.807) is 13.0 Å². The van der Waals surface area contributed by atoms with Crippen molar-refractivity contribution in [2.45, 2.75) is 13.0 Å². The van der Waals surface area contributed by atoms with Gasteiger partial charge in [-0.25, -0.2) is 13.2 Å². The van der Waals surface area contributed by atoms with Gasteiger partial charge in [0.25, 0.3) is 0 Å².